The van der Waals surface area contributed by atoms with Crippen LogP contribution >= 0.6 is 0 Å². The molecule has 0 aliphatic carbocycles. The molecule has 1 aromatic carbocycles. The fourth-order valence-electron chi connectivity index (χ4n) is 2.65. The minimum absolute atomic E-state index is 0.417. The summed E-state index contributed by atoms with van der Waals surface area (Å²) >= 11 is 0. The van der Waals surface area contributed by atoms with Gasteiger partial charge < -0.3 is 5.32 Å². The quantitative estimate of drug-likeness (QED) is 0.767. The van der Waals surface area contributed by atoms with Gasteiger partial charge in [0, 0.05) is 12.1 Å². The summed E-state index contributed by atoms with van der Waals surface area (Å²) in [5, 5.41) is 3.71. The molecule has 0 aliphatic rings. The Morgan fingerprint density at radius 1 is 1.05 bits per heavy atom. The average molecular weight is 262 g/mol. The van der Waals surface area contributed by atoms with E-state index in [2.05, 4.69) is 69.1 Å². The molecule has 0 spiro atoms. The zero-order chi connectivity index (χ0) is 14.3. The molecule has 2 nitrogen and oxygen atoms in total. The third-order valence-electron chi connectivity index (χ3n) is 3.92. The van der Waals surface area contributed by atoms with Crippen molar-refractivity contribution in [1.82, 2.24) is 10.2 Å². The van der Waals surface area contributed by atoms with Crippen molar-refractivity contribution in [3.05, 3.63) is 35.4 Å². The van der Waals surface area contributed by atoms with Crippen LogP contribution < -0.4 is 5.32 Å². The van der Waals surface area contributed by atoms with Gasteiger partial charge in [-0.3, -0.25) is 4.90 Å². The van der Waals surface area contributed by atoms with Gasteiger partial charge in [0.05, 0.1) is 0 Å². The number of nitrogens with one attached hydrogen (secondary N) is 1. The number of hydrogen-bond donors (Lipinski definition) is 1. The van der Waals surface area contributed by atoms with Gasteiger partial charge in [0.1, 0.15) is 0 Å². The molecule has 0 heterocycles. The van der Waals surface area contributed by atoms with Crippen molar-refractivity contribution in [3.63, 3.8) is 0 Å². The van der Waals surface area contributed by atoms with Crippen molar-refractivity contribution in [2.24, 2.45) is 0 Å². The maximum Gasteiger partial charge on any atom is 0.0475 e. The fraction of sp³-hybridized carbons (Fsp3) is 0.647. The minimum Gasteiger partial charge on any atom is -0.309 e. The van der Waals surface area contributed by atoms with Crippen molar-refractivity contribution < 1.29 is 0 Å². The topological polar surface area (TPSA) is 15.3 Å². The van der Waals surface area contributed by atoms with Crippen LogP contribution in [0.4, 0.5) is 0 Å². The first-order chi connectivity index (χ1) is 9.13. The van der Waals surface area contributed by atoms with Crippen LogP contribution in [0.3, 0.4) is 0 Å². The summed E-state index contributed by atoms with van der Waals surface area (Å²) in [6.07, 6.45) is 1.17. The number of likely N-dealkylation sites (N-methyl/N-ethyl adjacent to an activating group) is 1. The van der Waals surface area contributed by atoms with Crippen LogP contribution in [-0.2, 0) is 0 Å². The lowest BCUT2D eigenvalue weighted by molar-refractivity contribution is 0.186. The highest BCUT2D eigenvalue weighted by Gasteiger charge is 2.22. The van der Waals surface area contributed by atoms with Crippen molar-refractivity contribution in [2.75, 3.05) is 19.6 Å². The molecule has 0 aliphatic heterocycles. The Morgan fingerprint density at radius 3 is 2.11 bits per heavy atom. The van der Waals surface area contributed by atoms with Crippen LogP contribution in [0, 0.1) is 6.92 Å². The Kier molecular flexibility index (Phi) is 7.11. The maximum atomic E-state index is 3.71. The fourth-order valence-corrected chi connectivity index (χ4v) is 2.65. The molecule has 1 aromatic rings. The van der Waals surface area contributed by atoms with Gasteiger partial charge in [-0.05, 0) is 45.5 Å². The summed E-state index contributed by atoms with van der Waals surface area (Å²) in [6, 6.07) is 9.89. The highest BCUT2D eigenvalue weighted by Crippen LogP contribution is 2.21. The molecule has 0 bridgehead atoms. The molecule has 0 fully saturated rings. The summed E-state index contributed by atoms with van der Waals surface area (Å²) in [6.45, 7) is 14.5. The molecule has 19 heavy (non-hydrogen) atoms. The SMILES string of the molecule is CCCNC(c1ccc(C)cc1)C(C)N(CC)CC. The maximum absolute atomic E-state index is 3.71. The average Bonchev–Trinajstić information content (AvgIpc) is 2.42. The van der Waals surface area contributed by atoms with Gasteiger partial charge in [-0.1, -0.05) is 50.6 Å². The predicted molar refractivity (Wildman–Crippen MR) is 84.6 cm³/mol. The number of nitrogens with zero attached hydrogens (tertiary/aromatic N) is 1. The summed E-state index contributed by atoms with van der Waals surface area (Å²) < 4.78 is 0. The van der Waals surface area contributed by atoms with Crippen LogP contribution in [0.5, 0.6) is 0 Å². The van der Waals surface area contributed by atoms with E-state index >= 15 is 0 Å². The number of hydrogen-bond acceptors (Lipinski definition) is 2. The van der Waals surface area contributed by atoms with Gasteiger partial charge >= 0.3 is 0 Å². The monoisotopic (exact) mass is 262 g/mol. The Balaban J connectivity index is 2.89. The lowest BCUT2D eigenvalue weighted by Gasteiger charge is -2.34. The molecule has 2 unspecified atom stereocenters. The summed E-state index contributed by atoms with van der Waals surface area (Å²) in [7, 11) is 0. The Bertz CT molecular complexity index is 341. The molecule has 0 amide bonds. The molecule has 1 N–H and O–H groups in total. The van der Waals surface area contributed by atoms with Gasteiger partial charge in [0.15, 0.2) is 0 Å². The minimum atomic E-state index is 0.417. The number of rotatable bonds is 8. The first-order valence-electron chi connectivity index (χ1n) is 7.67. The third-order valence-corrected chi connectivity index (χ3v) is 3.92. The zero-order valence-electron chi connectivity index (χ0n) is 13.2. The number of benzene rings is 1. The first kappa shape index (κ1) is 16.2. The van der Waals surface area contributed by atoms with Crippen molar-refractivity contribution in [2.45, 2.75) is 53.1 Å². The van der Waals surface area contributed by atoms with E-state index < -0.39 is 0 Å². The largest absolute Gasteiger partial charge is 0.309 e. The number of aryl methyl sites for hydroxylation is 1. The van der Waals surface area contributed by atoms with Crippen LogP contribution in [0.15, 0.2) is 24.3 Å². The van der Waals surface area contributed by atoms with Gasteiger partial charge in [-0.15, -0.1) is 0 Å². The molecule has 2 atom stereocenters. The van der Waals surface area contributed by atoms with Gasteiger partial charge in [0.2, 0.25) is 0 Å². The van der Waals surface area contributed by atoms with Crippen LogP contribution in [-0.4, -0.2) is 30.6 Å². The molecule has 0 saturated carbocycles. The van der Waals surface area contributed by atoms with Crippen LogP contribution in [0.2, 0.25) is 0 Å². The molecule has 0 radical (unpaired) electrons. The lowest BCUT2D eigenvalue weighted by Crippen LogP contribution is -2.43. The summed E-state index contributed by atoms with van der Waals surface area (Å²) in [4.78, 5) is 2.52. The Morgan fingerprint density at radius 2 is 1.63 bits per heavy atom. The van der Waals surface area contributed by atoms with Gasteiger partial charge in [-0.2, -0.15) is 0 Å². The Hall–Kier alpha value is -0.860. The zero-order valence-corrected chi connectivity index (χ0v) is 13.2. The second-order valence-corrected chi connectivity index (χ2v) is 5.30. The van der Waals surface area contributed by atoms with Crippen molar-refractivity contribution in [1.29, 1.82) is 0 Å². The molecule has 0 aromatic heterocycles. The molecular formula is C17H30N2. The van der Waals surface area contributed by atoms with Gasteiger partial charge in [0.25, 0.3) is 0 Å². The van der Waals surface area contributed by atoms with E-state index in [0.717, 1.165) is 19.6 Å². The molecule has 2 heteroatoms. The first-order valence-corrected chi connectivity index (χ1v) is 7.67. The molecule has 108 valence electrons. The summed E-state index contributed by atoms with van der Waals surface area (Å²) in [5.74, 6) is 0. The Labute approximate surface area is 119 Å². The smallest absolute Gasteiger partial charge is 0.0475 e. The molecular weight excluding hydrogens is 232 g/mol. The van der Waals surface area contributed by atoms with E-state index in [0.29, 0.717) is 12.1 Å². The standard InChI is InChI=1S/C17H30N2/c1-6-13-18-17(15(5)19(7-2)8-3)16-11-9-14(4)10-12-16/h9-12,15,17-18H,6-8,13H2,1-5H3. The van der Waals surface area contributed by atoms with Gasteiger partial charge in [-0.25, -0.2) is 0 Å². The van der Waals surface area contributed by atoms with E-state index in [-0.39, 0.29) is 0 Å². The summed E-state index contributed by atoms with van der Waals surface area (Å²) in [5.41, 5.74) is 2.73. The second-order valence-electron chi connectivity index (χ2n) is 5.30. The lowest BCUT2D eigenvalue weighted by atomic mass is 9.98. The van der Waals surface area contributed by atoms with Crippen LogP contribution in [0.25, 0.3) is 0 Å². The predicted octanol–water partition coefficient (Wildman–Crippen LogP) is 3.77. The molecule has 0 saturated heterocycles. The van der Waals surface area contributed by atoms with E-state index in [9.17, 15) is 0 Å². The normalized spacial score (nSPS) is 14.6. The third kappa shape index (κ3) is 4.63. The van der Waals surface area contributed by atoms with Crippen molar-refractivity contribution in [3.8, 4) is 0 Å². The van der Waals surface area contributed by atoms with E-state index in [1.807, 2.05) is 0 Å². The highest BCUT2D eigenvalue weighted by atomic mass is 15.2. The van der Waals surface area contributed by atoms with E-state index in [1.54, 1.807) is 0 Å². The van der Waals surface area contributed by atoms with E-state index in [1.165, 1.54) is 17.5 Å². The van der Waals surface area contributed by atoms with Crippen LogP contribution in [0.1, 0.15) is 51.3 Å². The van der Waals surface area contributed by atoms with Crippen molar-refractivity contribution >= 4 is 0 Å². The molecule has 1 rings (SSSR count). The van der Waals surface area contributed by atoms with E-state index in [4.69, 9.17) is 0 Å². The highest BCUT2D eigenvalue weighted by molar-refractivity contribution is 5.25. The second kappa shape index (κ2) is 8.34.